The molecule has 0 radical (unpaired) electrons. The van der Waals surface area contributed by atoms with Gasteiger partial charge in [0, 0.05) is 6.04 Å². The average molecular weight is 247 g/mol. The minimum atomic E-state index is -4.84. The van der Waals surface area contributed by atoms with Crippen LogP contribution in [0.1, 0.15) is 13.8 Å². The molecule has 0 unspecified atom stereocenters. The molecule has 0 aromatic rings. The van der Waals surface area contributed by atoms with Crippen molar-refractivity contribution in [2.24, 2.45) is 0 Å². The van der Waals surface area contributed by atoms with Crippen LogP contribution in [0.4, 0.5) is 0 Å². The summed E-state index contributed by atoms with van der Waals surface area (Å²) in [7, 11) is -8.43. The molecular weight excluding hydrogens is 232 g/mol. The SMILES string of the molecule is CC(C)N(C)C(P(=O)(O)O)P(=O)(O)O. The summed E-state index contributed by atoms with van der Waals surface area (Å²) >= 11 is 0. The molecule has 0 aliphatic rings. The van der Waals surface area contributed by atoms with Crippen LogP contribution in [-0.2, 0) is 9.13 Å². The van der Waals surface area contributed by atoms with Gasteiger partial charge in [-0.05, 0) is 20.9 Å². The highest BCUT2D eigenvalue weighted by molar-refractivity contribution is 7.70. The smallest absolute Gasteiger partial charge is 0.323 e. The van der Waals surface area contributed by atoms with Crippen molar-refractivity contribution in [3.05, 3.63) is 0 Å². The Morgan fingerprint density at radius 3 is 1.36 bits per heavy atom. The summed E-state index contributed by atoms with van der Waals surface area (Å²) in [6.07, 6.45) is 0. The van der Waals surface area contributed by atoms with E-state index in [9.17, 15) is 9.13 Å². The molecule has 0 aromatic carbocycles. The first kappa shape index (κ1) is 14.3. The van der Waals surface area contributed by atoms with Crippen LogP contribution >= 0.6 is 15.2 Å². The normalized spacial score (nSPS) is 14.4. The van der Waals surface area contributed by atoms with Crippen LogP contribution in [0.3, 0.4) is 0 Å². The van der Waals surface area contributed by atoms with Crippen LogP contribution in [0.25, 0.3) is 0 Å². The number of hydrogen-bond donors (Lipinski definition) is 4. The largest absolute Gasteiger partial charge is 0.354 e. The number of nitrogens with zero attached hydrogens (tertiary/aromatic N) is 1. The fourth-order valence-corrected chi connectivity index (χ4v) is 3.99. The van der Waals surface area contributed by atoms with E-state index in [4.69, 9.17) is 19.6 Å². The van der Waals surface area contributed by atoms with E-state index in [0.717, 1.165) is 4.90 Å². The van der Waals surface area contributed by atoms with E-state index in [-0.39, 0.29) is 6.04 Å². The predicted molar refractivity (Wildman–Crippen MR) is 50.8 cm³/mol. The molecule has 0 aromatic heterocycles. The van der Waals surface area contributed by atoms with Crippen molar-refractivity contribution in [1.29, 1.82) is 0 Å². The van der Waals surface area contributed by atoms with Crippen LogP contribution in [0.15, 0.2) is 0 Å². The van der Waals surface area contributed by atoms with Crippen LogP contribution in [0.2, 0.25) is 0 Å². The summed E-state index contributed by atoms with van der Waals surface area (Å²) in [6, 6.07) is -0.375. The fourth-order valence-electron chi connectivity index (χ4n) is 0.937. The van der Waals surface area contributed by atoms with E-state index in [2.05, 4.69) is 0 Å². The molecule has 0 saturated carbocycles. The molecule has 0 atom stereocenters. The molecule has 0 amide bonds. The summed E-state index contributed by atoms with van der Waals surface area (Å²) in [5.41, 5.74) is -2.06. The Morgan fingerprint density at radius 1 is 1.00 bits per heavy atom. The zero-order chi connectivity index (χ0) is 11.7. The minimum Gasteiger partial charge on any atom is -0.323 e. The van der Waals surface area contributed by atoms with E-state index < -0.39 is 20.7 Å². The van der Waals surface area contributed by atoms with Gasteiger partial charge in [-0.25, -0.2) is 0 Å². The van der Waals surface area contributed by atoms with Gasteiger partial charge < -0.3 is 19.6 Å². The molecule has 0 aliphatic carbocycles. The first-order valence-electron chi connectivity index (χ1n) is 3.80. The zero-order valence-corrected chi connectivity index (χ0v) is 9.89. The molecule has 0 bridgehead atoms. The molecule has 0 saturated heterocycles. The van der Waals surface area contributed by atoms with Gasteiger partial charge in [-0.1, -0.05) is 0 Å². The van der Waals surface area contributed by atoms with Crippen molar-refractivity contribution in [3.8, 4) is 0 Å². The maximum absolute atomic E-state index is 10.9. The molecule has 14 heavy (non-hydrogen) atoms. The maximum atomic E-state index is 10.9. The van der Waals surface area contributed by atoms with Gasteiger partial charge in [0.2, 0.25) is 5.52 Å². The van der Waals surface area contributed by atoms with Crippen molar-refractivity contribution < 1.29 is 28.7 Å². The monoisotopic (exact) mass is 247 g/mol. The maximum Gasteiger partial charge on any atom is 0.354 e. The first-order valence-corrected chi connectivity index (χ1v) is 7.16. The number of rotatable bonds is 4. The quantitative estimate of drug-likeness (QED) is 0.515. The summed E-state index contributed by atoms with van der Waals surface area (Å²) in [5, 5.41) is 0. The van der Waals surface area contributed by atoms with Gasteiger partial charge in [0.25, 0.3) is 0 Å². The molecule has 0 rings (SSSR count). The summed E-state index contributed by atoms with van der Waals surface area (Å²) in [5.74, 6) is 0. The second-order valence-electron chi connectivity index (χ2n) is 3.28. The lowest BCUT2D eigenvalue weighted by Gasteiger charge is -2.31. The highest BCUT2D eigenvalue weighted by atomic mass is 31.2. The van der Waals surface area contributed by atoms with Gasteiger partial charge in [0.15, 0.2) is 0 Å². The van der Waals surface area contributed by atoms with Crippen molar-refractivity contribution in [1.82, 2.24) is 4.90 Å². The van der Waals surface area contributed by atoms with Crippen LogP contribution in [0, 0.1) is 0 Å². The van der Waals surface area contributed by atoms with Gasteiger partial charge in [0.1, 0.15) is 0 Å². The lowest BCUT2D eigenvalue weighted by atomic mass is 10.4. The lowest BCUT2D eigenvalue weighted by Crippen LogP contribution is -2.36. The molecule has 86 valence electrons. The van der Waals surface area contributed by atoms with E-state index in [1.54, 1.807) is 13.8 Å². The predicted octanol–water partition coefficient (Wildman–Crippen LogP) is -0.0344. The van der Waals surface area contributed by atoms with Gasteiger partial charge in [-0.15, -0.1) is 0 Å². The van der Waals surface area contributed by atoms with Crippen molar-refractivity contribution in [2.75, 3.05) is 7.05 Å². The van der Waals surface area contributed by atoms with Crippen molar-refractivity contribution >= 4 is 15.2 Å². The minimum absolute atomic E-state index is 0.375. The highest BCUT2D eigenvalue weighted by Gasteiger charge is 2.46. The van der Waals surface area contributed by atoms with Crippen molar-refractivity contribution in [3.63, 3.8) is 0 Å². The van der Waals surface area contributed by atoms with Crippen LogP contribution in [-0.4, -0.2) is 43.1 Å². The Kier molecular flexibility index (Phi) is 4.49. The molecule has 9 heteroatoms. The van der Waals surface area contributed by atoms with Crippen LogP contribution in [0.5, 0.6) is 0 Å². The Labute approximate surface area is 82.1 Å². The summed E-state index contributed by atoms with van der Waals surface area (Å²) < 4.78 is 21.8. The molecule has 7 nitrogen and oxygen atoms in total. The molecule has 0 aliphatic heterocycles. The van der Waals surface area contributed by atoms with E-state index in [0.29, 0.717) is 0 Å². The Hall–Kier alpha value is 0.260. The summed E-state index contributed by atoms with van der Waals surface area (Å²) in [4.78, 5) is 36.2. The van der Waals surface area contributed by atoms with E-state index >= 15 is 0 Å². The lowest BCUT2D eigenvalue weighted by molar-refractivity contribution is 0.224. The highest BCUT2D eigenvalue weighted by Crippen LogP contribution is 2.61. The van der Waals surface area contributed by atoms with E-state index in [1.165, 1.54) is 7.05 Å². The Morgan fingerprint density at radius 2 is 1.29 bits per heavy atom. The van der Waals surface area contributed by atoms with Crippen molar-refractivity contribution in [2.45, 2.75) is 25.4 Å². The van der Waals surface area contributed by atoms with Gasteiger partial charge in [0.05, 0.1) is 0 Å². The molecule has 0 spiro atoms. The molecule has 0 fully saturated rings. The van der Waals surface area contributed by atoms with Gasteiger partial charge in [-0.2, -0.15) is 0 Å². The van der Waals surface area contributed by atoms with Crippen LogP contribution < -0.4 is 0 Å². The summed E-state index contributed by atoms with van der Waals surface area (Å²) in [6.45, 7) is 3.16. The molecule has 0 heterocycles. The van der Waals surface area contributed by atoms with Gasteiger partial charge >= 0.3 is 15.2 Å². The molecule has 4 N–H and O–H groups in total. The first-order chi connectivity index (χ1) is 5.98. The average Bonchev–Trinajstić information content (AvgIpc) is 1.79. The third kappa shape index (κ3) is 3.79. The second-order valence-corrected chi connectivity index (χ2v) is 7.03. The third-order valence-corrected chi connectivity index (χ3v) is 5.52. The third-order valence-electron chi connectivity index (χ3n) is 1.78. The van der Waals surface area contributed by atoms with Gasteiger partial charge in [-0.3, -0.25) is 14.0 Å². The Bertz CT molecular complexity index is 258. The fraction of sp³-hybridized carbons (Fsp3) is 1.00. The standard InChI is InChI=1S/C5H15NO6P2/c1-4(2)6(3)5(13(7,8)9)14(10,11)12/h4-5H,1-3H3,(H2,7,8,9)(H2,10,11,12). The molecular formula is C5H15NO6P2. The van der Waals surface area contributed by atoms with E-state index in [1.807, 2.05) is 0 Å². The second kappa shape index (κ2) is 4.41. The number of hydrogen-bond acceptors (Lipinski definition) is 3. The topological polar surface area (TPSA) is 118 Å². The zero-order valence-electron chi connectivity index (χ0n) is 8.10. The Balaban J connectivity index is 5.15.